The molecule has 5 nitrogen and oxygen atoms in total. The van der Waals surface area contributed by atoms with E-state index in [0.29, 0.717) is 6.42 Å². The van der Waals surface area contributed by atoms with Crippen LogP contribution in [0.25, 0.3) is 0 Å². The molecule has 0 aliphatic carbocycles. The molecule has 0 aliphatic rings. The van der Waals surface area contributed by atoms with Crippen LogP contribution in [-0.2, 0) is 4.79 Å². The number of carbonyl (C=O) groups excluding carboxylic acids is 1. The molecular weight excluding hydrogens is 264 g/mol. The summed E-state index contributed by atoms with van der Waals surface area (Å²) in [5, 5.41) is 13.7. The summed E-state index contributed by atoms with van der Waals surface area (Å²) < 4.78 is 0. The predicted octanol–water partition coefficient (Wildman–Crippen LogP) is 2.70. The first-order chi connectivity index (χ1) is 8.81. The van der Waals surface area contributed by atoms with Gasteiger partial charge < -0.3 is 15.3 Å². The number of carboxylic acids is 1. The van der Waals surface area contributed by atoms with Crippen molar-refractivity contribution in [2.45, 2.75) is 38.8 Å². The summed E-state index contributed by atoms with van der Waals surface area (Å²) in [6.07, 6.45) is 0.329. The van der Waals surface area contributed by atoms with Gasteiger partial charge in [0.15, 0.2) is 0 Å². The van der Waals surface area contributed by atoms with E-state index in [1.807, 2.05) is 24.4 Å². The highest BCUT2D eigenvalue weighted by atomic mass is 32.1. The second-order valence-corrected chi connectivity index (χ2v) is 5.70. The molecule has 0 spiro atoms. The Balaban J connectivity index is 2.75. The largest absolute Gasteiger partial charge is 0.480 e. The first-order valence-electron chi connectivity index (χ1n) is 6.13. The van der Waals surface area contributed by atoms with Gasteiger partial charge in [0.25, 0.3) is 0 Å². The van der Waals surface area contributed by atoms with Gasteiger partial charge >= 0.3 is 12.0 Å². The van der Waals surface area contributed by atoms with E-state index in [0.717, 1.165) is 4.88 Å². The zero-order valence-electron chi connectivity index (χ0n) is 11.6. The number of amides is 2. The average Bonchev–Trinajstić information content (AvgIpc) is 2.90. The number of urea groups is 1. The van der Waals surface area contributed by atoms with Gasteiger partial charge in [-0.1, -0.05) is 13.0 Å². The maximum Gasteiger partial charge on any atom is 0.329 e. The predicted molar refractivity (Wildman–Crippen MR) is 75.4 cm³/mol. The fourth-order valence-electron chi connectivity index (χ4n) is 1.51. The van der Waals surface area contributed by atoms with Gasteiger partial charge in [0.05, 0.1) is 6.04 Å². The molecule has 1 rings (SSSR count). The van der Waals surface area contributed by atoms with Gasteiger partial charge in [-0.3, -0.25) is 0 Å². The molecule has 0 aromatic carbocycles. The van der Waals surface area contributed by atoms with Crippen LogP contribution in [-0.4, -0.2) is 34.6 Å². The fraction of sp³-hybridized carbons (Fsp3) is 0.538. The monoisotopic (exact) mass is 284 g/mol. The van der Waals surface area contributed by atoms with E-state index in [1.165, 1.54) is 11.8 Å². The van der Waals surface area contributed by atoms with Crippen LogP contribution in [0.1, 0.15) is 38.1 Å². The molecule has 0 saturated carbocycles. The van der Waals surface area contributed by atoms with Gasteiger partial charge in [0.2, 0.25) is 0 Å². The van der Waals surface area contributed by atoms with Gasteiger partial charge in [0, 0.05) is 11.9 Å². The van der Waals surface area contributed by atoms with E-state index in [1.54, 1.807) is 25.3 Å². The summed E-state index contributed by atoms with van der Waals surface area (Å²) in [6, 6.07) is 3.41. The van der Waals surface area contributed by atoms with Crippen LogP contribution in [0.3, 0.4) is 0 Å². The zero-order valence-corrected chi connectivity index (χ0v) is 12.5. The van der Waals surface area contributed by atoms with Gasteiger partial charge in [-0.15, -0.1) is 11.3 Å². The number of hydrogen-bond acceptors (Lipinski definition) is 3. The zero-order chi connectivity index (χ0) is 14.6. The third-order valence-electron chi connectivity index (χ3n) is 3.42. The third-order valence-corrected chi connectivity index (χ3v) is 4.46. The lowest BCUT2D eigenvalue weighted by Crippen LogP contribution is -2.55. The number of rotatable bonds is 5. The maximum absolute atomic E-state index is 12.1. The molecule has 0 fully saturated rings. The van der Waals surface area contributed by atoms with Crippen LogP contribution < -0.4 is 5.32 Å². The van der Waals surface area contributed by atoms with Gasteiger partial charge in [-0.05, 0) is 31.7 Å². The van der Waals surface area contributed by atoms with Crippen molar-refractivity contribution >= 4 is 23.3 Å². The van der Waals surface area contributed by atoms with Gasteiger partial charge in [0.1, 0.15) is 5.54 Å². The van der Waals surface area contributed by atoms with Crippen molar-refractivity contribution in [1.29, 1.82) is 0 Å². The number of thiophene rings is 1. The molecule has 2 unspecified atom stereocenters. The van der Waals surface area contributed by atoms with Gasteiger partial charge in [-0.2, -0.15) is 0 Å². The molecule has 1 aromatic heterocycles. The third kappa shape index (κ3) is 3.47. The highest BCUT2D eigenvalue weighted by Crippen LogP contribution is 2.23. The summed E-state index contributed by atoms with van der Waals surface area (Å²) in [4.78, 5) is 25.9. The van der Waals surface area contributed by atoms with Gasteiger partial charge in [-0.25, -0.2) is 9.59 Å². The van der Waals surface area contributed by atoms with Crippen molar-refractivity contribution in [2.75, 3.05) is 7.05 Å². The Hall–Kier alpha value is -1.56. The summed E-state index contributed by atoms with van der Waals surface area (Å²) >= 11 is 1.57. The first kappa shape index (κ1) is 15.5. The molecule has 2 atom stereocenters. The molecule has 6 heteroatoms. The summed E-state index contributed by atoms with van der Waals surface area (Å²) in [6.45, 7) is 5.16. The highest BCUT2D eigenvalue weighted by molar-refractivity contribution is 7.10. The minimum Gasteiger partial charge on any atom is -0.480 e. The molecule has 19 heavy (non-hydrogen) atoms. The molecule has 0 saturated heterocycles. The van der Waals surface area contributed by atoms with Crippen molar-refractivity contribution < 1.29 is 14.7 Å². The minimum absolute atomic E-state index is 0.0881. The van der Waals surface area contributed by atoms with E-state index < -0.39 is 11.5 Å². The van der Waals surface area contributed by atoms with E-state index in [2.05, 4.69) is 5.32 Å². The lowest BCUT2D eigenvalue weighted by Gasteiger charge is -2.30. The van der Waals surface area contributed by atoms with E-state index in [9.17, 15) is 9.59 Å². The Bertz CT molecular complexity index is 447. The van der Waals surface area contributed by atoms with Crippen LogP contribution in [0, 0.1) is 0 Å². The number of aliphatic carboxylic acids is 1. The Labute approximate surface area is 117 Å². The van der Waals surface area contributed by atoms with Crippen LogP contribution in [0.5, 0.6) is 0 Å². The minimum atomic E-state index is -1.24. The SMILES string of the molecule is CCC(C)(NC(=O)N(C)C(C)c1cccs1)C(=O)O. The number of nitrogens with one attached hydrogen (secondary N) is 1. The van der Waals surface area contributed by atoms with Crippen molar-refractivity contribution in [3.8, 4) is 0 Å². The molecule has 2 amide bonds. The highest BCUT2D eigenvalue weighted by Gasteiger charge is 2.34. The number of hydrogen-bond donors (Lipinski definition) is 2. The molecule has 0 radical (unpaired) electrons. The molecule has 1 heterocycles. The molecule has 0 bridgehead atoms. The Morgan fingerprint density at radius 2 is 2.21 bits per heavy atom. The molecule has 0 aliphatic heterocycles. The topological polar surface area (TPSA) is 69.6 Å². The summed E-state index contributed by atoms with van der Waals surface area (Å²) in [7, 11) is 1.66. The van der Waals surface area contributed by atoms with Crippen molar-refractivity contribution in [1.82, 2.24) is 10.2 Å². The van der Waals surface area contributed by atoms with Crippen molar-refractivity contribution in [3.63, 3.8) is 0 Å². The second kappa shape index (κ2) is 6.06. The smallest absolute Gasteiger partial charge is 0.329 e. The molecular formula is C13H20N2O3S. The molecule has 106 valence electrons. The summed E-state index contributed by atoms with van der Waals surface area (Å²) in [5.74, 6) is -1.03. The number of carbonyl (C=O) groups is 2. The number of carboxylic acid groups (broad SMARTS) is 1. The van der Waals surface area contributed by atoms with Crippen LogP contribution in [0.4, 0.5) is 4.79 Å². The van der Waals surface area contributed by atoms with E-state index >= 15 is 0 Å². The van der Waals surface area contributed by atoms with Crippen molar-refractivity contribution in [3.05, 3.63) is 22.4 Å². The average molecular weight is 284 g/mol. The quantitative estimate of drug-likeness (QED) is 0.873. The van der Waals surface area contributed by atoms with E-state index in [-0.39, 0.29) is 12.1 Å². The van der Waals surface area contributed by atoms with Crippen LogP contribution in [0.2, 0.25) is 0 Å². The Kier molecular flexibility index (Phi) is 4.94. The first-order valence-corrected chi connectivity index (χ1v) is 7.01. The fourth-order valence-corrected chi connectivity index (χ4v) is 2.34. The molecule has 2 N–H and O–H groups in total. The standard InChI is InChI=1S/C13H20N2O3S/c1-5-13(3,11(16)17)14-12(18)15(4)9(2)10-7-6-8-19-10/h6-9H,5H2,1-4H3,(H,14,18)(H,16,17). The Morgan fingerprint density at radius 3 is 2.63 bits per heavy atom. The summed E-state index contributed by atoms with van der Waals surface area (Å²) in [5.41, 5.74) is -1.24. The van der Waals surface area contributed by atoms with Crippen LogP contribution in [0.15, 0.2) is 17.5 Å². The second-order valence-electron chi connectivity index (χ2n) is 4.72. The van der Waals surface area contributed by atoms with E-state index in [4.69, 9.17) is 5.11 Å². The normalized spacial score (nSPS) is 15.4. The lowest BCUT2D eigenvalue weighted by atomic mass is 10.00. The van der Waals surface area contributed by atoms with Crippen molar-refractivity contribution in [2.24, 2.45) is 0 Å². The number of nitrogens with zero attached hydrogens (tertiary/aromatic N) is 1. The lowest BCUT2D eigenvalue weighted by molar-refractivity contribution is -0.143. The molecule has 1 aromatic rings. The maximum atomic E-state index is 12.1. The van der Waals surface area contributed by atoms with Crippen LogP contribution >= 0.6 is 11.3 Å². The Morgan fingerprint density at radius 1 is 1.58 bits per heavy atom.